The summed E-state index contributed by atoms with van der Waals surface area (Å²) in [6.45, 7) is -3.00. The monoisotopic (exact) mass is 393 g/mol. The minimum Gasteiger partial charge on any atom is -0.344 e. The molecular formula is C12H5F12O. The molecule has 143 valence electrons. The third-order valence-corrected chi connectivity index (χ3v) is 2.77. The van der Waals surface area contributed by atoms with Crippen LogP contribution in [0.1, 0.15) is 11.1 Å². The number of halogens is 12. The van der Waals surface area contributed by atoms with Crippen molar-refractivity contribution in [2.45, 2.75) is 30.3 Å². The molecular weight excluding hydrogens is 388 g/mol. The second-order valence-corrected chi connectivity index (χ2v) is 4.59. The summed E-state index contributed by atoms with van der Waals surface area (Å²) in [6, 6.07) is 0.671. The Morgan fingerprint density at radius 1 is 0.720 bits per heavy atom. The molecule has 0 atom stereocenters. The number of rotatable bonds is 3. The van der Waals surface area contributed by atoms with Crippen LogP contribution in [0.15, 0.2) is 18.2 Å². The number of ether oxygens (including phenoxy) is 1. The predicted octanol–water partition coefficient (Wildman–Crippen LogP) is 5.40. The van der Waals surface area contributed by atoms with Gasteiger partial charge in [0.15, 0.2) is 0 Å². The molecule has 0 saturated heterocycles. The second kappa shape index (κ2) is 6.25. The van der Waals surface area contributed by atoms with Crippen molar-refractivity contribution < 1.29 is 57.4 Å². The lowest BCUT2D eigenvalue weighted by atomic mass is 9.90. The van der Waals surface area contributed by atoms with Gasteiger partial charge in [-0.15, -0.1) is 0 Å². The standard InChI is InChI=1S/C12H5F12O/c13-8(14,15)5-25-9(11(19,20)21,12(22,23)24)6-2-1-3-7(4-6)10(16,17)18/h2-4H,5H2. The molecule has 0 saturated carbocycles. The fraction of sp³-hybridized carbons (Fsp3) is 0.500. The summed E-state index contributed by atoms with van der Waals surface area (Å²) in [4.78, 5) is 0. The van der Waals surface area contributed by atoms with Crippen LogP contribution in [0.4, 0.5) is 52.7 Å². The molecule has 0 aliphatic heterocycles. The Morgan fingerprint density at radius 2 is 1.16 bits per heavy atom. The van der Waals surface area contributed by atoms with E-state index in [0.717, 1.165) is 0 Å². The van der Waals surface area contributed by atoms with Gasteiger partial charge in [-0.25, -0.2) is 0 Å². The summed E-state index contributed by atoms with van der Waals surface area (Å²) in [7, 11) is 0. The first-order valence-corrected chi connectivity index (χ1v) is 5.85. The SMILES string of the molecule is FC(F)(F)COC(c1c[c]cc(C(F)(F)F)c1)(C(F)(F)F)C(F)(F)F. The van der Waals surface area contributed by atoms with E-state index in [1.54, 1.807) is 0 Å². The van der Waals surface area contributed by atoms with Crippen LogP contribution in [0.3, 0.4) is 0 Å². The summed E-state index contributed by atoms with van der Waals surface area (Å²) in [5, 5.41) is 0. The van der Waals surface area contributed by atoms with Crippen LogP contribution >= 0.6 is 0 Å². The molecule has 0 aliphatic carbocycles. The van der Waals surface area contributed by atoms with Crippen LogP contribution < -0.4 is 0 Å². The number of hydrogen-bond acceptors (Lipinski definition) is 1. The normalized spacial score (nSPS) is 14.7. The Hall–Kier alpha value is -1.66. The van der Waals surface area contributed by atoms with Crippen LogP contribution in [0.5, 0.6) is 0 Å². The lowest BCUT2D eigenvalue weighted by molar-refractivity contribution is -0.400. The van der Waals surface area contributed by atoms with Crippen LogP contribution in [-0.2, 0) is 16.5 Å². The van der Waals surface area contributed by atoms with E-state index in [0.29, 0.717) is 0 Å². The summed E-state index contributed by atoms with van der Waals surface area (Å²) >= 11 is 0. The summed E-state index contributed by atoms with van der Waals surface area (Å²) in [5.74, 6) is 0. The van der Waals surface area contributed by atoms with E-state index in [-0.39, 0.29) is 12.1 Å². The highest BCUT2D eigenvalue weighted by atomic mass is 19.4. The van der Waals surface area contributed by atoms with Crippen molar-refractivity contribution >= 4 is 0 Å². The fourth-order valence-electron chi connectivity index (χ4n) is 1.76. The molecule has 0 fully saturated rings. The van der Waals surface area contributed by atoms with Crippen LogP contribution in [0.2, 0.25) is 0 Å². The zero-order valence-electron chi connectivity index (χ0n) is 11.4. The minimum atomic E-state index is -6.55. The van der Waals surface area contributed by atoms with Crippen LogP contribution in [0.25, 0.3) is 0 Å². The first-order chi connectivity index (χ1) is 10.9. The van der Waals surface area contributed by atoms with Gasteiger partial charge in [-0.3, -0.25) is 0 Å². The van der Waals surface area contributed by atoms with Gasteiger partial charge in [-0.1, -0.05) is 0 Å². The highest BCUT2D eigenvalue weighted by Gasteiger charge is 2.74. The van der Waals surface area contributed by atoms with E-state index in [9.17, 15) is 52.7 Å². The van der Waals surface area contributed by atoms with Crippen molar-refractivity contribution in [3.63, 3.8) is 0 Å². The molecule has 0 spiro atoms. The maximum Gasteiger partial charge on any atom is 0.430 e. The Balaban J connectivity index is 3.66. The molecule has 0 unspecified atom stereocenters. The predicted molar refractivity (Wildman–Crippen MR) is 56.1 cm³/mol. The number of alkyl halides is 12. The Kier molecular flexibility index (Phi) is 5.35. The molecule has 1 aromatic rings. The molecule has 0 aromatic heterocycles. The van der Waals surface area contributed by atoms with Crippen molar-refractivity contribution in [2.75, 3.05) is 6.61 Å². The van der Waals surface area contributed by atoms with Gasteiger partial charge in [0.1, 0.15) is 6.61 Å². The third kappa shape index (κ3) is 4.50. The lowest BCUT2D eigenvalue weighted by Crippen LogP contribution is -2.57. The van der Waals surface area contributed by atoms with Crippen molar-refractivity contribution in [3.05, 3.63) is 35.4 Å². The highest BCUT2D eigenvalue weighted by Crippen LogP contribution is 2.53. The molecule has 0 amide bonds. The fourth-order valence-corrected chi connectivity index (χ4v) is 1.76. The van der Waals surface area contributed by atoms with Crippen molar-refractivity contribution in [1.82, 2.24) is 0 Å². The lowest BCUT2D eigenvalue weighted by Gasteiger charge is -2.37. The molecule has 0 heterocycles. The molecule has 0 aliphatic rings. The van der Waals surface area contributed by atoms with Crippen molar-refractivity contribution in [3.8, 4) is 0 Å². The van der Waals surface area contributed by atoms with E-state index in [1.165, 1.54) is 6.07 Å². The third-order valence-electron chi connectivity index (χ3n) is 2.77. The summed E-state index contributed by atoms with van der Waals surface area (Å²) < 4.78 is 155. The van der Waals surface area contributed by atoms with Gasteiger partial charge in [0.25, 0.3) is 5.60 Å². The topological polar surface area (TPSA) is 9.23 Å². The first kappa shape index (κ1) is 21.4. The zero-order valence-corrected chi connectivity index (χ0v) is 11.4. The van der Waals surface area contributed by atoms with Gasteiger partial charge >= 0.3 is 24.7 Å². The summed E-state index contributed by atoms with van der Waals surface area (Å²) in [5.41, 5.74) is -9.82. The number of hydrogen-bond donors (Lipinski definition) is 0. The van der Waals surface area contributed by atoms with Gasteiger partial charge in [0, 0.05) is 5.56 Å². The molecule has 25 heavy (non-hydrogen) atoms. The smallest absolute Gasteiger partial charge is 0.344 e. The maximum absolute atomic E-state index is 13.1. The van der Waals surface area contributed by atoms with E-state index >= 15 is 0 Å². The molecule has 0 N–H and O–H groups in total. The van der Waals surface area contributed by atoms with E-state index in [4.69, 9.17) is 0 Å². The number of benzene rings is 1. The molecule has 1 rings (SSSR count). The van der Waals surface area contributed by atoms with E-state index in [2.05, 4.69) is 4.74 Å². The Labute approximate surface area is 131 Å². The van der Waals surface area contributed by atoms with Gasteiger partial charge in [-0.05, 0) is 24.3 Å². The van der Waals surface area contributed by atoms with Gasteiger partial charge in [0.2, 0.25) is 0 Å². The summed E-state index contributed by atoms with van der Waals surface area (Å²) in [6.07, 6.45) is -24.1. The first-order valence-electron chi connectivity index (χ1n) is 5.85. The minimum absolute atomic E-state index is 0.0325. The second-order valence-electron chi connectivity index (χ2n) is 4.59. The largest absolute Gasteiger partial charge is 0.430 e. The average molecular weight is 393 g/mol. The molecule has 1 radical (unpaired) electrons. The van der Waals surface area contributed by atoms with E-state index < -0.39 is 54.1 Å². The van der Waals surface area contributed by atoms with Crippen molar-refractivity contribution in [2.24, 2.45) is 0 Å². The van der Waals surface area contributed by atoms with Gasteiger partial charge < -0.3 is 4.74 Å². The Bertz CT molecular complexity index is 578. The highest BCUT2D eigenvalue weighted by molar-refractivity contribution is 5.32. The van der Waals surface area contributed by atoms with Gasteiger partial charge in [0.05, 0.1) is 5.56 Å². The molecule has 0 bridgehead atoms. The van der Waals surface area contributed by atoms with Gasteiger partial charge in [-0.2, -0.15) is 52.7 Å². The van der Waals surface area contributed by atoms with E-state index in [1.807, 2.05) is 0 Å². The quantitative estimate of drug-likeness (QED) is 0.625. The molecule has 1 aromatic carbocycles. The maximum atomic E-state index is 13.1. The Morgan fingerprint density at radius 3 is 1.52 bits per heavy atom. The zero-order chi connectivity index (χ0) is 19.9. The van der Waals surface area contributed by atoms with Crippen LogP contribution in [-0.4, -0.2) is 25.1 Å². The average Bonchev–Trinajstić information content (AvgIpc) is 2.33. The van der Waals surface area contributed by atoms with Crippen LogP contribution in [0, 0.1) is 6.07 Å². The van der Waals surface area contributed by atoms with Crippen molar-refractivity contribution in [1.29, 1.82) is 0 Å². The molecule has 13 heteroatoms. The molecule has 1 nitrogen and oxygen atoms in total.